The Hall–Kier alpha value is -1.77. The molecule has 0 saturated carbocycles. The summed E-state index contributed by atoms with van der Waals surface area (Å²) < 4.78 is 2.09. The largest absolute Gasteiger partial charge is 0.300 e. The second kappa shape index (κ2) is 4.00. The molecular formula is C13H16N3+. The summed E-state index contributed by atoms with van der Waals surface area (Å²) in [6.45, 7) is 8.11. The molecule has 0 fully saturated rings. The van der Waals surface area contributed by atoms with Crippen LogP contribution >= 0.6 is 0 Å². The first-order chi connectivity index (χ1) is 7.58. The number of pyridine rings is 1. The first-order valence-corrected chi connectivity index (χ1v) is 5.36. The van der Waals surface area contributed by atoms with Crippen molar-refractivity contribution in [2.24, 2.45) is 0 Å². The van der Waals surface area contributed by atoms with Crippen molar-refractivity contribution in [1.29, 1.82) is 0 Å². The maximum atomic E-state index is 4.38. The summed E-state index contributed by atoms with van der Waals surface area (Å²) >= 11 is 0. The molecular weight excluding hydrogens is 198 g/mol. The minimum Gasteiger partial charge on any atom is -0.257 e. The van der Waals surface area contributed by atoms with E-state index in [4.69, 9.17) is 0 Å². The van der Waals surface area contributed by atoms with Crippen LogP contribution in [0.2, 0.25) is 0 Å². The number of nitrogens with zero attached hydrogens (tertiary/aromatic N) is 3. The molecule has 0 radical (unpaired) electrons. The van der Waals surface area contributed by atoms with Crippen LogP contribution in [0, 0.1) is 27.7 Å². The molecule has 0 atom stereocenters. The maximum absolute atomic E-state index is 4.38. The van der Waals surface area contributed by atoms with E-state index in [9.17, 15) is 0 Å². The zero-order valence-electron chi connectivity index (χ0n) is 10.2. The Bertz CT molecular complexity index is 483. The molecule has 16 heavy (non-hydrogen) atoms. The third-order valence-corrected chi connectivity index (χ3v) is 2.59. The van der Waals surface area contributed by atoms with E-state index in [1.165, 1.54) is 0 Å². The molecule has 0 spiro atoms. The molecule has 0 unspecified atom stereocenters. The first kappa shape index (κ1) is 10.7. The summed E-state index contributed by atoms with van der Waals surface area (Å²) in [5, 5.41) is 0. The van der Waals surface area contributed by atoms with Crippen molar-refractivity contribution in [3.8, 4) is 5.69 Å². The molecule has 0 aliphatic heterocycles. The molecule has 2 heterocycles. The van der Waals surface area contributed by atoms with E-state index in [0.717, 1.165) is 28.3 Å². The van der Waals surface area contributed by atoms with Crippen LogP contribution in [0.4, 0.5) is 0 Å². The highest BCUT2D eigenvalue weighted by Gasteiger charge is 2.13. The van der Waals surface area contributed by atoms with Crippen LogP contribution in [0.25, 0.3) is 5.69 Å². The Balaban J connectivity index is 2.66. The van der Waals surface area contributed by atoms with Gasteiger partial charge in [-0.3, -0.25) is 4.98 Å². The normalized spacial score (nSPS) is 10.5. The highest BCUT2D eigenvalue weighted by atomic mass is 15.0. The molecule has 0 N–H and O–H groups in total. The Kier molecular flexibility index (Phi) is 2.69. The summed E-state index contributed by atoms with van der Waals surface area (Å²) in [6.07, 6.45) is 5.86. The molecule has 3 nitrogen and oxygen atoms in total. The molecule has 0 aliphatic carbocycles. The molecule has 0 bridgehead atoms. The van der Waals surface area contributed by atoms with Crippen LogP contribution in [0.1, 0.15) is 22.6 Å². The number of aryl methyl sites for hydroxylation is 4. The van der Waals surface area contributed by atoms with Gasteiger partial charge in [-0.05, 0) is 32.4 Å². The van der Waals surface area contributed by atoms with Gasteiger partial charge in [-0.25, -0.2) is 0 Å². The average Bonchev–Trinajstić information content (AvgIpc) is 2.25. The topological polar surface area (TPSA) is 29.7 Å². The van der Waals surface area contributed by atoms with E-state index in [-0.39, 0.29) is 0 Å². The minimum atomic E-state index is 0.973. The fourth-order valence-corrected chi connectivity index (χ4v) is 1.70. The summed E-state index contributed by atoms with van der Waals surface area (Å²) in [4.78, 5) is 8.74. The summed E-state index contributed by atoms with van der Waals surface area (Å²) in [5.74, 6) is 0.973. The number of rotatable bonds is 1. The zero-order valence-corrected chi connectivity index (χ0v) is 10.2. The molecule has 2 aromatic heterocycles. The zero-order chi connectivity index (χ0) is 11.7. The van der Waals surface area contributed by atoms with Gasteiger partial charge in [0.15, 0.2) is 5.69 Å². The van der Waals surface area contributed by atoms with Crippen LogP contribution in [0.15, 0.2) is 24.7 Å². The van der Waals surface area contributed by atoms with E-state index in [2.05, 4.69) is 33.7 Å². The van der Waals surface area contributed by atoms with Gasteiger partial charge < -0.3 is 0 Å². The molecule has 2 rings (SSSR count). The predicted octanol–water partition coefficient (Wildman–Crippen LogP) is 1.99. The van der Waals surface area contributed by atoms with E-state index in [1.54, 1.807) is 0 Å². The number of hydrogen-bond donors (Lipinski definition) is 0. The third-order valence-electron chi connectivity index (χ3n) is 2.59. The minimum absolute atomic E-state index is 0.973. The lowest BCUT2D eigenvalue weighted by atomic mass is 10.2. The van der Waals surface area contributed by atoms with Crippen molar-refractivity contribution in [2.45, 2.75) is 27.7 Å². The second-order valence-electron chi connectivity index (χ2n) is 4.17. The fraction of sp³-hybridized carbons (Fsp3) is 0.308. The number of aromatic nitrogens is 3. The van der Waals surface area contributed by atoms with Crippen molar-refractivity contribution in [3.05, 3.63) is 47.3 Å². The molecule has 0 saturated heterocycles. The van der Waals surface area contributed by atoms with Crippen LogP contribution in [-0.2, 0) is 0 Å². The lowest BCUT2D eigenvalue weighted by Crippen LogP contribution is -2.36. The van der Waals surface area contributed by atoms with Gasteiger partial charge in [0, 0.05) is 18.7 Å². The second-order valence-corrected chi connectivity index (χ2v) is 4.17. The van der Waals surface area contributed by atoms with Gasteiger partial charge in [-0.2, -0.15) is 4.57 Å². The van der Waals surface area contributed by atoms with Gasteiger partial charge in [0.05, 0.1) is 5.69 Å². The van der Waals surface area contributed by atoms with Crippen LogP contribution in [0.5, 0.6) is 0 Å². The van der Waals surface area contributed by atoms with Gasteiger partial charge in [0.2, 0.25) is 0 Å². The van der Waals surface area contributed by atoms with Crippen LogP contribution in [0.3, 0.4) is 0 Å². The Labute approximate surface area is 95.8 Å². The van der Waals surface area contributed by atoms with E-state index >= 15 is 0 Å². The van der Waals surface area contributed by atoms with E-state index in [1.807, 2.05) is 33.2 Å². The van der Waals surface area contributed by atoms with Crippen molar-refractivity contribution in [1.82, 2.24) is 9.97 Å². The van der Waals surface area contributed by atoms with Crippen molar-refractivity contribution in [2.75, 3.05) is 0 Å². The van der Waals surface area contributed by atoms with Crippen molar-refractivity contribution >= 4 is 0 Å². The van der Waals surface area contributed by atoms with Gasteiger partial charge >= 0.3 is 0 Å². The fourth-order valence-electron chi connectivity index (χ4n) is 1.70. The Morgan fingerprint density at radius 3 is 2.38 bits per heavy atom. The number of hydrogen-bond acceptors (Lipinski definition) is 2. The standard InChI is InChI=1S/C13H16N3/c1-9-5-13(11(3)14-6-9)16-8-10(2)7-15-12(16)4/h5-8H,1-4H3/q+1. The van der Waals surface area contributed by atoms with E-state index in [0.29, 0.717) is 0 Å². The lowest BCUT2D eigenvalue weighted by molar-refractivity contribution is -0.607. The maximum Gasteiger partial charge on any atom is 0.300 e. The van der Waals surface area contributed by atoms with Crippen LogP contribution in [-0.4, -0.2) is 9.97 Å². The predicted molar refractivity (Wildman–Crippen MR) is 62.5 cm³/mol. The van der Waals surface area contributed by atoms with Crippen LogP contribution < -0.4 is 4.57 Å². The summed E-state index contributed by atoms with van der Waals surface area (Å²) in [5.41, 5.74) is 4.43. The smallest absolute Gasteiger partial charge is 0.257 e. The molecule has 0 amide bonds. The molecule has 82 valence electrons. The molecule has 0 aromatic carbocycles. The molecule has 2 aromatic rings. The quantitative estimate of drug-likeness (QED) is 0.679. The molecule has 0 aliphatic rings. The lowest BCUT2D eigenvalue weighted by Gasteiger charge is -2.05. The van der Waals surface area contributed by atoms with Gasteiger partial charge in [0.1, 0.15) is 12.4 Å². The highest BCUT2D eigenvalue weighted by Crippen LogP contribution is 2.08. The molecule has 3 heteroatoms. The third kappa shape index (κ3) is 1.94. The Morgan fingerprint density at radius 1 is 0.938 bits per heavy atom. The van der Waals surface area contributed by atoms with Gasteiger partial charge in [0.25, 0.3) is 5.82 Å². The summed E-state index contributed by atoms with van der Waals surface area (Å²) in [7, 11) is 0. The first-order valence-electron chi connectivity index (χ1n) is 5.36. The van der Waals surface area contributed by atoms with Gasteiger partial charge in [-0.1, -0.05) is 4.98 Å². The van der Waals surface area contributed by atoms with Gasteiger partial charge in [-0.15, -0.1) is 0 Å². The highest BCUT2D eigenvalue weighted by molar-refractivity contribution is 5.30. The average molecular weight is 214 g/mol. The van der Waals surface area contributed by atoms with E-state index < -0.39 is 0 Å². The monoisotopic (exact) mass is 214 g/mol. The van der Waals surface area contributed by atoms with Crippen molar-refractivity contribution in [3.63, 3.8) is 0 Å². The Morgan fingerprint density at radius 2 is 1.62 bits per heavy atom. The summed E-state index contributed by atoms with van der Waals surface area (Å²) in [6, 6.07) is 2.14. The SMILES string of the molecule is Cc1cnc(C)c(-[n+]2cc(C)cnc2C)c1. The van der Waals surface area contributed by atoms with Crippen molar-refractivity contribution < 1.29 is 4.57 Å².